The molecule has 1 heterocycles. The molecular formula is C8H13N5O3. The van der Waals surface area contributed by atoms with E-state index in [2.05, 4.69) is 15.0 Å². The molecule has 8 heteroatoms. The van der Waals surface area contributed by atoms with Gasteiger partial charge in [-0.05, 0) is 0 Å². The van der Waals surface area contributed by atoms with Crippen LogP contribution in [0.1, 0.15) is 5.69 Å². The lowest BCUT2D eigenvalue weighted by Crippen LogP contribution is -2.24. The molecule has 0 aliphatic carbocycles. The quantitative estimate of drug-likeness (QED) is 0.285. The molecule has 0 aliphatic rings. The number of aromatic amines is 1. The van der Waals surface area contributed by atoms with Crippen molar-refractivity contribution in [2.45, 2.75) is 0 Å². The third-order valence-corrected chi connectivity index (χ3v) is 2.02. The van der Waals surface area contributed by atoms with E-state index in [0.29, 0.717) is 12.2 Å². The fraction of sp³-hybridized carbons (Fsp3) is 0.375. The van der Waals surface area contributed by atoms with Gasteiger partial charge in [-0.3, -0.25) is 9.36 Å². The molecule has 1 aromatic heterocycles. The molecule has 88 valence electrons. The maximum Gasteiger partial charge on any atom is 0.327 e. The van der Waals surface area contributed by atoms with Gasteiger partial charge in [0.15, 0.2) is 5.84 Å². The Morgan fingerprint density at radius 3 is 2.81 bits per heavy atom. The predicted molar refractivity (Wildman–Crippen MR) is 58.2 cm³/mol. The summed E-state index contributed by atoms with van der Waals surface area (Å²) in [5.41, 5.74) is 5.42. The number of nitrogens with two attached hydrogens (primary N) is 1. The van der Waals surface area contributed by atoms with Crippen molar-refractivity contribution in [2.75, 3.05) is 19.1 Å². The van der Waals surface area contributed by atoms with Crippen molar-refractivity contribution < 1.29 is 9.63 Å². The summed E-state index contributed by atoms with van der Waals surface area (Å²) in [7, 11) is 4.34. The van der Waals surface area contributed by atoms with E-state index >= 15 is 0 Å². The lowest BCUT2D eigenvalue weighted by molar-refractivity contribution is -0.107. The molecule has 0 bridgehead atoms. The highest BCUT2D eigenvalue weighted by Crippen LogP contribution is 2.13. The van der Waals surface area contributed by atoms with Crippen LogP contribution >= 0.6 is 0 Å². The third kappa shape index (κ3) is 1.90. The van der Waals surface area contributed by atoms with Gasteiger partial charge in [-0.2, -0.15) is 0 Å². The second kappa shape index (κ2) is 4.51. The number of hydrogen-bond acceptors (Lipinski definition) is 4. The first kappa shape index (κ1) is 11.8. The standard InChI is InChI=1S/C8H13N5O3/c1-12(4-14)7-5(6(9)11-16-3)10-8(15)13(7)2/h4H,1-3H3,(H2,9,11)(H,10,15). The summed E-state index contributed by atoms with van der Waals surface area (Å²) in [4.78, 5) is 30.3. The van der Waals surface area contributed by atoms with E-state index in [0.717, 1.165) is 0 Å². The SMILES string of the molecule is CO/N=C(/N)c1[nH]c(=O)n(C)c1N(C)C=O. The minimum absolute atomic E-state index is 0.0103. The van der Waals surface area contributed by atoms with Crippen molar-refractivity contribution >= 4 is 18.1 Å². The van der Waals surface area contributed by atoms with Gasteiger partial charge >= 0.3 is 5.69 Å². The Morgan fingerprint density at radius 1 is 1.69 bits per heavy atom. The molecular weight excluding hydrogens is 214 g/mol. The molecule has 8 nitrogen and oxygen atoms in total. The van der Waals surface area contributed by atoms with Crippen LogP contribution < -0.4 is 16.3 Å². The Morgan fingerprint density at radius 2 is 2.31 bits per heavy atom. The topological polar surface area (TPSA) is 106 Å². The van der Waals surface area contributed by atoms with E-state index in [1.54, 1.807) is 0 Å². The molecule has 1 amide bonds. The van der Waals surface area contributed by atoms with E-state index in [-0.39, 0.29) is 11.5 Å². The van der Waals surface area contributed by atoms with Crippen molar-refractivity contribution in [3.05, 3.63) is 16.2 Å². The molecule has 0 atom stereocenters. The number of rotatable bonds is 4. The number of nitrogens with one attached hydrogen (secondary N) is 1. The van der Waals surface area contributed by atoms with E-state index in [1.165, 1.54) is 30.7 Å². The van der Waals surface area contributed by atoms with Crippen LogP contribution in [-0.2, 0) is 16.7 Å². The lowest BCUT2D eigenvalue weighted by Gasteiger charge is -2.12. The smallest absolute Gasteiger partial charge is 0.327 e. The van der Waals surface area contributed by atoms with Crippen molar-refractivity contribution in [1.29, 1.82) is 0 Å². The van der Waals surface area contributed by atoms with Gasteiger partial charge in [0.1, 0.15) is 18.6 Å². The van der Waals surface area contributed by atoms with Gasteiger partial charge in [0.05, 0.1) is 0 Å². The molecule has 16 heavy (non-hydrogen) atoms. The molecule has 3 N–H and O–H groups in total. The zero-order valence-corrected chi connectivity index (χ0v) is 9.22. The highest BCUT2D eigenvalue weighted by Gasteiger charge is 2.18. The van der Waals surface area contributed by atoms with Crippen molar-refractivity contribution in [3.63, 3.8) is 0 Å². The van der Waals surface area contributed by atoms with Gasteiger partial charge in [0.2, 0.25) is 6.41 Å². The Kier molecular flexibility index (Phi) is 3.33. The van der Waals surface area contributed by atoms with Gasteiger partial charge in [-0.1, -0.05) is 5.16 Å². The number of anilines is 1. The summed E-state index contributed by atoms with van der Waals surface area (Å²) in [6.07, 6.45) is 0.562. The van der Waals surface area contributed by atoms with E-state index in [9.17, 15) is 9.59 Å². The summed E-state index contributed by atoms with van der Waals surface area (Å²) in [6, 6.07) is 0. The number of nitrogens with zero attached hydrogens (tertiary/aromatic N) is 3. The van der Waals surface area contributed by atoms with E-state index in [4.69, 9.17) is 5.73 Å². The molecule has 0 spiro atoms. The summed E-state index contributed by atoms with van der Waals surface area (Å²) in [5.74, 6) is 0.308. The van der Waals surface area contributed by atoms with Crippen LogP contribution in [0.5, 0.6) is 0 Å². The first-order chi connectivity index (χ1) is 7.52. The van der Waals surface area contributed by atoms with Crippen molar-refractivity contribution in [1.82, 2.24) is 9.55 Å². The third-order valence-electron chi connectivity index (χ3n) is 2.02. The van der Waals surface area contributed by atoms with Crippen LogP contribution in [0.2, 0.25) is 0 Å². The Labute approximate surface area is 91.3 Å². The van der Waals surface area contributed by atoms with Gasteiger partial charge in [0, 0.05) is 14.1 Å². The second-order valence-corrected chi connectivity index (χ2v) is 3.06. The first-order valence-electron chi connectivity index (χ1n) is 4.37. The lowest BCUT2D eigenvalue weighted by atomic mass is 10.4. The summed E-state index contributed by atoms with van der Waals surface area (Å²) in [5, 5.41) is 3.49. The zero-order valence-electron chi connectivity index (χ0n) is 9.22. The van der Waals surface area contributed by atoms with Crippen LogP contribution in [0.25, 0.3) is 0 Å². The Bertz CT molecular complexity index is 473. The fourth-order valence-corrected chi connectivity index (χ4v) is 1.30. The maximum absolute atomic E-state index is 11.4. The fourth-order valence-electron chi connectivity index (χ4n) is 1.30. The predicted octanol–water partition coefficient (Wildman–Crippen LogP) is -1.43. The second-order valence-electron chi connectivity index (χ2n) is 3.06. The number of imidazole rings is 1. The van der Waals surface area contributed by atoms with Crippen molar-refractivity contribution in [3.8, 4) is 0 Å². The molecule has 0 radical (unpaired) electrons. The van der Waals surface area contributed by atoms with Crippen LogP contribution in [0.15, 0.2) is 9.95 Å². The number of carbonyl (C=O) groups is 1. The van der Waals surface area contributed by atoms with Gasteiger partial charge in [-0.15, -0.1) is 0 Å². The number of amidine groups is 1. The number of carbonyl (C=O) groups excluding carboxylic acids is 1. The Hall–Kier alpha value is -2.25. The van der Waals surface area contributed by atoms with Crippen LogP contribution in [0.4, 0.5) is 5.82 Å². The van der Waals surface area contributed by atoms with Gasteiger partial charge in [0.25, 0.3) is 0 Å². The minimum Gasteiger partial charge on any atom is -0.397 e. The molecule has 0 unspecified atom stereocenters. The first-order valence-corrected chi connectivity index (χ1v) is 4.37. The Balaban J connectivity index is 3.40. The normalized spacial score (nSPS) is 11.3. The molecule has 0 saturated carbocycles. The summed E-state index contributed by atoms with van der Waals surface area (Å²) in [6.45, 7) is 0. The number of hydrogen-bond donors (Lipinski definition) is 2. The molecule has 1 rings (SSSR count). The molecule has 1 aromatic rings. The highest BCUT2D eigenvalue weighted by atomic mass is 16.6. The molecule has 0 saturated heterocycles. The number of aromatic nitrogens is 2. The van der Waals surface area contributed by atoms with Crippen LogP contribution in [-0.4, -0.2) is 36.0 Å². The van der Waals surface area contributed by atoms with Gasteiger partial charge < -0.3 is 20.5 Å². The van der Waals surface area contributed by atoms with Crippen molar-refractivity contribution in [2.24, 2.45) is 17.9 Å². The van der Waals surface area contributed by atoms with E-state index < -0.39 is 5.69 Å². The number of H-pyrrole nitrogens is 1. The monoisotopic (exact) mass is 227 g/mol. The minimum atomic E-state index is -0.395. The maximum atomic E-state index is 11.4. The van der Waals surface area contributed by atoms with E-state index in [1.807, 2.05) is 0 Å². The number of oxime groups is 1. The number of amides is 1. The molecule has 0 fully saturated rings. The molecule has 0 aliphatic heterocycles. The van der Waals surface area contributed by atoms with Gasteiger partial charge in [-0.25, -0.2) is 4.79 Å². The summed E-state index contributed by atoms with van der Waals surface area (Å²) >= 11 is 0. The largest absolute Gasteiger partial charge is 0.397 e. The van der Waals surface area contributed by atoms with Crippen LogP contribution in [0, 0.1) is 0 Å². The zero-order chi connectivity index (χ0) is 12.3. The average Bonchev–Trinajstić information content (AvgIpc) is 2.55. The summed E-state index contributed by atoms with van der Waals surface area (Å²) < 4.78 is 1.25. The van der Waals surface area contributed by atoms with Crippen LogP contribution in [0.3, 0.4) is 0 Å². The highest BCUT2D eigenvalue weighted by molar-refractivity contribution is 6.01. The molecule has 0 aromatic carbocycles. The average molecular weight is 227 g/mol.